The summed E-state index contributed by atoms with van der Waals surface area (Å²) in [5.41, 5.74) is 2.85. The van der Waals surface area contributed by atoms with Gasteiger partial charge in [0.2, 0.25) is 10.0 Å². The largest absolute Gasteiger partial charge is 0.294 e. The van der Waals surface area contributed by atoms with Crippen molar-refractivity contribution in [2.24, 2.45) is 5.92 Å². The van der Waals surface area contributed by atoms with E-state index < -0.39 is 10.0 Å². The predicted octanol–water partition coefficient (Wildman–Crippen LogP) is 2.62. The molecule has 0 saturated carbocycles. The Morgan fingerprint density at radius 3 is 2.24 bits per heavy atom. The van der Waals surface area contributed by atoms with E-state index in [-0.39, 0.29) is 16.6 Å². The minimum absolute atomic E-state index is 0.104. The lowest BCUT2D eigenvalue weighted by Crippen LogP contribution is -2.40. The number of aromatic amines is 1. The van der Waals surface area contributed by atoms with Crippen molar-refractivity contribution in [3.05, 3.63) is 46.8 Å². The molecule has 1 fully saturated rings. The average Bonchev–Trinajstić information content (AvgIpc) is 2.94. The standard InChI is InChI=1S/C18H23N3O3S/c1-12-4-6-15(7-5-12)17(22)16-8-10-21(11-9-16)25(23,24)18-13(2)19-20-14(18)3/h4-7,16H,8-11H2,1-3H3,(H,19,20). The second kappa shape index (κ2) is 6.72. The van der Waals surface area contributed by atoms with Crippen molar-refractivity contribution in [3.8, 4) is 0 Å². The fourth-order valence-corrected chi connectivity index (χ4v) is 5.16. The highest BCUT2D eigenvalue weighted by Crippen LogP contribution is 2.28. The maximum atomic E-state index is 12.9. The lowest BCUT2D eigenvalue weighted by Gasteiger charge is -2.30. The highest BCUT2D eigenvalue weighted by molar-refractivity contribution is 7.89. The monoisotopic (exact) mass is 361 g/mol. The SMILES string of the molecule is Cc1ccc(C(=O)C2CCN(S(=O)(=O)c3c(C)n[nH]c3C)CC2)cc1. The predicted molar refractivity (Wildman–Crippen MR) is 95.1 cm³/mol. The van der Waals surface area contributed by atoms with Gasteiger partial charge in [0.15, 0.2) is 5.78 Å². The Bertz CT molecular complexity index is 857. The highest BCUT2D eigenvalue weighted by Gasteiger charge is 2.34. The molecule has 0 aliphatic carbocycles. The number of nitrogens with zero attached hydrogens (tertiary/aromatic N) is 2. The molecule has 0 radical (unpaired) electrons. The Balaban J connectivity index is 1.71. The molecule has 25 heavy (non-hydrogen) atoms. The summed E-state index contributed by atoms with van der Waals surface area (Å²) in [6.45, 7) is 6.09. The minimum atomic E-state index is -3.57. The summed E-state index contributed by atoms with van der Waals surface area (Å²) >= 11 is 0. The summed E-state index contributed by atoms with van der Waals surface area (Å²) in [5, 5.41) is 6.71. The first kappa shape index (κ1) is 17.8. The Labute approximate surface area is 148 Å². The number of ketones is 1. The van der Waals surface area contributed by atoms with Crippen molar-refractivity contribution >= 4 is 15.8 Å². The first-order valence-corrected chi connectivity index (χ1v) is 9.87. The van der Waals surface area contributed by atoms with Crippen molar-refractivity contribution < 1.29 is 13.2 Å². The number of piperidine rings is 1. The third kappa shape index (κ3) is 3.39. The van der Waals surface area contributed by atoms with E-state index >= 15 is 0 Å². The number of H-pyrrole nitrogens is 1. The van der Waals surface area contributed by atoms with E-state index in [9.17, 15) is 13.2 Å². The van der Waals surface area contributed by atoms with Crippen LogP contribution in [0.15, 0.2) is 29.2 Å². The van der Waals surface area contributed by atoms with Crippen molar-refractivity contribution in [2.45, 2.75) is 38.5 Å². The van der Waals surface area contributed by atoms with Gasteiger partial charge in [0.05, 0.1) is 11.4 Å². The molecule has 0 atom stereocenters. The zero-order valence-corrected chi connectivity index (χ0v) is 15.6. The van der Waals surface area contributed by atoms with Crippen LogP contribution in [0.3, 0.4) is 0 Å². The molecule has 134 valence electrons. The van der Waals surface area contributed by atoms with Gasteiger partial charge >= 0.3 is 0 Å². The molecule has 1 N–H and O–H groups in total. The highest BCUT2D eigenvalue weighted by atomic mass is 32.2. The minimum Gasteiger partial charge on any atom is -0.294 e. The summed E-state index contributed by atoms with van der Waals surface area (Å²) in [6.07, 6.45) is 1.09. The average molecular weight is 361 g/mol. The molecule has 1 aromatic carbocycles. The number of carbonyl (C=O) groups excluding carboxylic acids is 1. The van der Waals surface area contributed by atoms with Crippen molar-refractivity contribution in [3.63, 3.8) is 0 Å². The number of rotatable bonds is 4. The molecule has 6 nitrogen and oxygen atoms in total. The van der Waals surface area contributed by atoms with Crippen LogP contribution in [0.2, 0.25) is 0 Å². The van der Waals surface area contributed by atoms with Crippen LogP contribution in [0.4, 0.5) is 0 Å². The van der Waals surface area contributed by atoms with Crippen molar-refractivity contribution in [1.29, 1.82) is 0 Å². The van der Waals surface area contributed by atoms with Crippen LogP contribution in [-0.4, -0.2) is 41.8 Å². The van der Waals surface area contributed by atoms with Crippen LogP contribution in [0, 0.1) is 26.7 Å². The Kier molecular flexibility index (Phi) is 4.79. The number of aromatic nitrogens is 2. The normalized spacial score (nSPS) is 16.9. The number of sulfonamides is 1. The van der Waals surface area contributed by atoms with Gasteiger partial charge in [0, 0.05) is 24.6 Å². The Morgan fingerprint density at radius 1 is 1.12 bits per heavy atom. The summed E-state index contributed by atoms with van der Waals surface area (Å²) < 4.78 is 27.2. The zero-order chi connectivity index (χ0) is 18.2. The molecule has 0 spiro atoms. The van der Waals surface area contributed by atoms with Gasteiger partial charge < -0.3 is 0 Å². The summed E-state index contributed by atoms with van der Waals surface area (Å²) in [5.74, 6) is -0.0200. The molecular formula is C18H23N3O3S. The summed E-state index contributed by atoms with van der Waals surface area (Å²) in [6, 6.07) is 7.55. The van der Waals surface area contributed by atoms with Crippen LogP contribution in [0.25, 0.3) is 0 Å². The Hall–Kier alpha value is -1.99. The fraction of sp³-hybridized carbons (Fsp3) is 0.444. The first-order chi connectivity index (χ1) is 11.8. The molecular weight excluding hydrogens is 338 g/mol. The fourth-order valence-electron chi connectivity index (χ4n) is 3.36. The van der Waals surface area contributed by atoms with Gasteiger partial charge in [-0.2, -0.15) is 9.40 Å². The third-order valence-electron chi connectivity index (χ3n) is 4.82. The topological polar surface area (TPSA) is 83.1 Å². The number of benzene rings is 1. The van der Waals surface area contributed by atoms with E-state index in [0.717, 1.165) is 5.56 Å². The van der Waals surface area contributed by atoms with Gasteiger partial charge in [-0.05, 0) is 33.6 Å². The van der Waals surface area contributed by atoms with Gasteiger partial charge in [-0.25, -0.2) is 8.42 Å². The molecule has 0 bridgehead atoms. The van der Waals surface area contributed by atoms with E-state index in [1.165, 1.54) is 4.31 Å². The second-order valence-corrected chi connectivity index (χ2v) is 8.55. The zero-order valence-electron chi connectivity index (χ0n) is 14.7. The van der Waals surface area contributed by atoms with Crippen LogP contribution < -0.4 is 0 Å². The third-order valence-corrected chi connectivity index (χ3v) is 6.98. The van der Waals surface area contributed by atoms with Gasteiger partial charge in [0.1, 0.15) is 4.90 Å². The van der Waals surface area contributed by atoms with Crippen molar-refractivity contribution in [2.75, 3.05) is 13.1 Å². The van der Waals surface area contributed by atoms with E-state index in [1.54, 1.807) is 13.8 Å². The number of nitrogens with one attached hydrogen (secondary N) is 1. The molecule has 0 unspecified atom stereocenters. The number of aryl methyl sites for hydroxylation is 3. The molecule has 7 heteroatoms. The number of hydrogen-bond donors (Lipinski definition) is 1. The molecule has 1 saturated heterocycles. The lowest BCUT2D eigenvalue weighted by atomic mass is 9.89. The number of carbonyl (C=O) groups is 1. The van der Waals surface area contributed by atoms with Gasteiger partial charge in [0.25, 0.3) is 0 Å². The smallest absolute Gasteiger partial charge is 0.246 e. The van der Waals surface area contributed by atoms with Crippen LogP contribution in [-0.2, 0) is 10.0 Å². The van der Waals surface area contributed by atoms with E-state index in [0.29, 0.717) is 42.9 Å². The van der Waals surface area contributed by atoms with Crippen molar-refractivity contribution in [1.82, 2.24) is 14.5 Å². The van der Waals surface area contributed by atoms with Crippen LogP contribution in [0.5, 0.6) is 0 Å². The molecule has 2 aromatic rings. The summed E-state index contributed by atoms with van der Waals surface area (Å²) in [4.78, 5) is 12.9. The molecule has 1 aromatic heterocycles. The van der Waals surface area contributed by atoms with Gasteiger partial charge in [-0.3, -0.25) is 9.89 Å². The molecule has 3 rings (SSSR count). The number of hydrogen-bond acceptors (Lipinski definition) is 4. The maximum absolute atomic E-state index is 12.9. The first-order valence-electron chi connectivity index (χ1n) is 8.43. The van der Waals surface area contributed by atoms with E-state index in [4.69, 9.17) is 0 Å². The van der Waals surface area contributed by atoms with Crippen LogP contribution in [0.1, 0.15) is 40.2 Å². The van der Waals surface area contributed by atoms with Gasteiger partial charge in [-0.15, -0.1) is 0 Å². The quantitative estimate of drug-likeness (QED) is 0.849. The molecule has 2 heterocycles. The van der Waals surface area contributed by atoms with Crippen LogP contribution >= 0.6 is 0 Å². The van der Waals surface area contributed by atoms with Gasteiger partial charge in [-0.1, -0.05) is 29.8 Å². The lowest BCUT2D eigenvalue weighted by molar-refractivity contribution is 0.0875. The molecule has 1 aliphatic rings. The molecule has 1 aliphatic heterocycles. The second-order valence-electron chi connectivity index (χ2n) is 6.67. The number of Topliss-reactive ketones (excluding diaryl/α,β-unsaturated/α-hetero) is 1. The molecule has 0 amide bonds. The maximum Gasteiger partial charge on any atom is 0.246 e. The Morgan fingerprint density at radius 2 is 1.72 bits per heavy atom. The van der Waals surface area contributed by atoms with E-state index in [1.807, 2.05) is 31.2 Å². The van der Waals surface area contributed by atoms with E-state index in [2.05, 4.69) is 10.2 Å². The summed E-state index contributed by atoms with van der Waals surface area (Å²) in [7, 11) is -3.57.